The number of hydrogen-bond acceptors (Lipinski definition) is 6. The molecule has 150 valence electrons. The van der Waals surface area contributed by atoms with Crippen LogP contribution in [0, 0.1) is 27.7 Å². The average molecular weight is 402 g/mol. The molecular weight excluding hydrogens is 374 g/mol. The molecule has 0 atom stereocenters. The van der Waals surface area contributed by atoms with E-state index in [1.165, 1.54) is 11.8 Å². The number of carbonyl (C=O) groups excluding carboxylic acids is 1. The summed E-state index contributed by atoms with van der Waals surface area (Å²) in [5.74, 6) is 0.660. The van der Waals surface area contributed by atoms with E-state index in [-0.39, 0.29) is 5.91 Å². The van der Waals surface area contributed by atoms with Gasteiger partial charge in [-0.3, -0.25) is 9.48 Å². The van der Waals surface area contributed by atoms with Crippen molar-refractivity contribution in [2.75, 3.05) is 12.8 Å². The van der Waals surface area contributed by atoms with E-state index in [9.17, 15) is 4.79 Å². The summed E-state index contributed by atoms with van der Waals surface area (Å²) in [4.78, 5) is 21.2. The van der Waals surface area contributed by atoms with Crippen LogP contribution < -0.4 is 5.32 Å². The molecule has 0 unspecified atom stereocenters. The number of nitrogens with zero attached hydrogens (tertiary/aromatic N) is 6. The first-order valence-electron chi connectivity index (χ1n) is 9.43. The Morgan fingerprint density at radius 1 is 1.18 bits per heavy atom. The van der Waals surface area contributed by atoms with Crippen LogP contribution in [0.1, 0.15) is 41.2 Å². The predicted molar refractivity (Wildman–Crippen MR) is 110 cm³/mol. The molecule has 9 heteroatoms. The molecule has 8 nitrogen and oxygen atoms in total. The summed E-state index contributed by atoms with van der Waals surface area (Å²) < 4.78 is 3.75. The lowest BCUT2D eigenvalue weighted by Crippen LogP contribution is -2.26. The van der Waals surface area contributed by atoms with E-state index in [1.54, 1.807) is 4.52 Å². The molecule has 3 rings (SSSR count). The topological polar surface area (TPSA) is 90.0 Å². The fourth-order valence-corrected chi connectivity index (χ4v) is 3.66. The quantitative estimate of drug-likeness (QED) is 0.460. The summed E-state index contributed by atoms with van der Waals surface area (Å²) in [5.41, 5.74) is 5.13. The Morgan fingerprint density at radius 3 is 2.64 bits per heavy atom. The fraction of sp³-hybridized carbons (Fsp3) is 0.526. The Labute approximate surface area is 169 Å². The molecule has 3 aromatic heterocycles. The van der Waals surface area contributed by atoms with Crippen molar-refractivity contribution in [3.63, 3.8) is 0 Å². The lowest BCUT2D eigenvalue weighted by atomic mass is 10.1. The zero-order chi connectivity index (χ0) is 20.3. The molecule has 0 aliphatic carbocycles. The van der Waals surface area contributed by atoms with Crippen LogP contribution in [0.5, 0.6) is 0 Å². The van der Waals surface area contributed by atoms with Gasteiger partial charge >= 0.3 is 0 Å². The number of aryl methyl sites for hydroxylation is 5. The zero-order valence-electron chi connectivity index (χ0n) is 17.1. The lowest BCUT2D eigenvalue weighted by Gasteiger charge is -2.11. The number of amides is 1. The minimum absolute atomic E-state index is 0.0515. The molecule has 28 heavy (non-hydrogen) atoms. The third kappa shape index (κ3) is 4.52. The minimum Gasteiger partial charge on any atom is -0.356 e. The SMILES string of the molecule is CSc1nc2nc(C)c(CCC(=O)NCCCn3nc(C)cc3C)c(C)n2n1. The van der Waals surface area contributed by atoms with Gasteiger partial charge in [0.2, 0.25) is 11.1 Å². The molecular formula is C19H27N7OS. The minimum atomic E-state index is 0.0515. The maximum absolute atomic E-state index is 12.2. The van der Waals surface area contributed by atoms with Gasteiger partial charge in [0, 0.05) is 36.6 Å². The average Bonchev–Trinajstić information content (AvgIpc) is 3.20. The smallest absolute Gasteiger partial charge is 0.253 e. The number of hydrogen-bond donors (Lipinski definition) is 1. The van der Waals surface area contributed by atoms with Crippen molar-refractivity contribution in [2.45, 2.75) is 58.7 Å². The lowest BCUT2D eigenvalue weighted by molar-refractivity contribution is -0.121. The van der Waals surface area contributed by atoms with E-state index >= 15 is 0 Å². The van der Waals surface area contributed by atoms with Crippen LogP contribution in [-0.2, 0) is 17.8 Å². The van der Waals surface area contributed by atoms with Gasteiger partial charge in [-0.25, -0.2) is 9.50 Å². The number of rotatable bonds is 8. The molecule has 0 spiro atoms. The molecule has 0 bridgehead atoms. The predicted octanol–water partition coefficient (Wildman–Crippen LogP) is 2.42. The van der Waals surface area contributed by atoms with Gasteiger partial charge in [-0.2, -0.15) is 10.1 Å². The molecule has 0 saturated heterocycles. The van der Waals surface area contributed by atoms with Crippen molar-refractivity contribution >= 4 is 23.4 Å². The highest BCUT2D eigenvalue weighted by molar-refractivity contribution is 7.98. The maximum Gasteiger partial charge on any atom is 0.253 e. The summed E-state index contributed by atoms with van der Waals surface area (Å²) >= 11 is 1.49. The molecule has 0 fully saturated rings. The van der Waals surface area contributed by atoms with Crippen molar-refractivity contribution in [3.8, 4) is 0 Å². The van der Waals surface area contributed by atoms with Crippen LogP contribution >= 0.6 is 11.8 Å². The first-order valence-corrected chi connectivity index (χ1v) is 10.7. The van der Waals surface area contributed by atoms with Gasteiger partial charge in [0.25, 0.3) is 5.78 Å². The van der Waals surface area contributed by atoms with Crippen LogP contribution in [0.4, 0.5) is 0 Å². The molecule has 0 aliphatic rings. The van der Waals surface area contributed by atoms with Crippen molar-refractivity contribution in [1.29, 1.82) is 0 Å². The third-order valence-electron chi connectivity index (χ3n) is 4.79. The number of carbonyl (C=O) groups is 1. The van der Waals surface area contributed by atoms with Crippen molar-refractivity contribution < 1.29 is 4.79 Å². The second-order valence-electron chi connectivity index (χ2n) is 6.93. The van der Waals surface area contributed by atoms with Crippen LogP contribution in [0.15, 0.2) is 11.2 Å². The highest BCUT2D eigenvalue weighted by Gasteiger charge is 2.14. The zero-order valence-corrected chi connectivity index (χ0v) is 17.9. The third-order valence-corrected chi connectivity index (χ3v) is 5.32. The largest absolute Gasteiger partial charge is 0.356 e. The van der Waals surface area contributed by atoms with Crippen molar-refractivity contribution in [1.82, 2.24) is 34.7 Å². The van der Waals surface area contributed by atoms with Crippen LogP contribution in [0.3, 0.4) is 0 Å². The van der Waals surface area contributed by atoms with Gasteiger partial charge in [0.05, 0.1) is 5.69 Å². The Bertz CT molecular complexity index is 992. The van der Waals surface area contributed by atoms with E-state index in [4.69, 9.17) is 0 Å². The number of fused-ring (bicyclic) bond motifs is 1. The van der Waals surface area contributed by atoms with Gasteiger partial charge in [-0.05, 0) is 58.4 Å². The molecule has 0 aliphatic heterocycles. The normalized spacial score (nSPS) is 11.3. The monoisotopic (exact) mass is 401 g/mol. The fourth-order valence-electron chi connectivity index (χ4n) is 3.32. The van der Waals surface area contributed by atoms with Gasteiger partial charge < -0.3 is 5.32 Å². The van der Waals surface area contributed by atoms with Gasteiger partial charge in [-0.15, -0.1) is 5.10 Å². The Hall–Kier alpha value is -2.42. The van der Waals surface area contributed by atoms with Gasteiger partial charge in [0.1, 0.15) is 0 Å². The maximum atomic E-state index is 12.2. The van der Waals surface area contributed by atoms with E-state index in [1.807, 2.05) is 38.6 Å². The number of nitrogens with one attached hydrogen (secondary N) is 1. The highest BCUT2D eigenvalue weighted by Crippen LogP contribution is 2.18. The summed E-state index contributed by atoms with van der Waals surface area (Å²) in [6.07, 6.45) is 3.87. The van der Waals surface area contributed by atoms with E-state index in [0.29, 0.717) is 30.3 Å². The van der Waals surface area contributed by atoms with Crippen LogP contribution in [-0.4, -0.2) is 48.1 Å². The van der Waals surface area contributed by atoms with E-state index < -0.39 is 0 Å². The summed E-state index contributed by atoms with van der Waals surface area (Å²) in [5, 5.41) is 12.6. The van der Waals surface area contributed by atoms with Crippen LogP contribution in [0.25, 0.3) is 5.78 Å². The Morgan fingerprint density at radius 2 is 1.96 bits per heavy atom. The number of thioether (sulfide) groups is 1. The van der Waals surface area contributed by atoms with E-state index in [0.717, 1.165) is 41.3 Å². The van der Waals surface area contributed by atoms with Crippen molar-refractivity contribution in [3.05, 3.63) is 34.4 Å². The standard InChI is InChI=1S/C19H27N7OS/c1-12-11-13(2)25(23-12)10-6-9-20-17(27)8-7-16-14(3)21-18-22-19(28-5)24-26(18)15(16)4/h11H,6-10H2,1-5H3,(H,20,27). The summed E-state index contributed by atoms with van der Waals surface area (Å²) in [6.45, 7) is 9.45. The molecule has 1 amide bonds. The Kier molecular flexibility index (Phi) is 6.33. The van der Waals surface area contributed by atoms with Crippen molar-refractivity contribution in [2.24, 2.45) is 0 Å². The second kappa shape index (κ2) is 8.72. The highest BCUT2D eigenvalue weighted by atomic mass is 32.2. The molecule has 3 aromatic rings. The summed E-state index contributed by atoms with van der Waals surface area (Å²) in [7, 11) is 0. The first-order chi connectivity index (χ1) is 13.4. The number of aromatic nitrogens is 6. The second-order valence-corrected chi connectivity index (χ2v) is 7.70. The van der Waals surface area contributed by atoms with Crippen LogP contribution in [0.2, 0.25) is 0 Å². The first kappa shape index (κ1) is 20.3. The molecule has 3 heterocycles. The molecule has 0 radical (unpaired) electrons. The summed E-state index contributed by atoms with van der Waals surface area (Å²) in [6, 6.07) is 2.06. The Balaban J connectivity index is 1.52. The van der Waals surface area contributed by atoms with Gasteiger partial charge in [-0.1, -0.05) is 11.8 Å². The van der Waals surface area contributed by atoms with E-state index in [2.05, 4.69) is 31.5 Å². The molecule has 0 aromatic carbocycles. The van der Waals surface area contributed by atoms with Gasteiger partial charge in [0.15, 0.2) is 0 Å². The molecule has 1 N–H and O–H groups in total. The molecule has 0 saturated carbocycles.